The predicted octanol–water partition coefficient (Wildman–Crippen LogP) is 3.33. The number of hydrogen-bond donors (Lipinski definition) is 1. The minimum Gasteiger partial charge on any atom is -0.493 e. The highest BCUT2D eigenvalue weighted by molar-refractivity contribution is 9.10. The van der Waals surface area contributed by atoms with Crippen LogP contribution >= 0.6 is 15.9 Å². The normalized spacial score (nSPS) is 24.4. The molecule has 2 nitrogen and oxygen atoms in total. The molecule has 1 N–H and O–H groups in total. The first-order chi connectivity index (χ1) is 8.04. The van der Waals surface area contributed by atoms with Gasteiger partial charge in [0.05, 0.1) is 6.61 Å². The van der Waals surface area contributed by atoms with E-state index in [1.807, 2.05) is 7.05 Å². The topological polar surface area (TPSA) is 21.3 Å². The van der Waals surface area contributed by atoms with E-state index >= 15 is 0 Å². The van der Waals surface area contributed by atoms with Crippen molar-refractivity contribution in [3.8, 4) is 5.75 Å². The molecule has 1 aliphatic heterocycles. The van der Waals surface area contributed by atoms with Gasteiger partial charge in [-0.3, -0.25) is 0 Å². The number of halogens is 1. The minimum atomic E-state index is 0.196. The quantitative estimate of drug-likeness (QED) is 0.858. The Morgan fingerprint density at radius 3 is 2.94 bits per heavy atom. The van der Waals surface area contributed by atoms with E-state index in [2.05, 4.69) is 41.2 Å². The summed E-state index contributed by atoms with van der Waals surface area (Å²) in [6.45, 7) is 5.47. The molecular formula is C14H18BrNO. The summed E-state index contributed by atoms with van der Waals surface area (Å²) in [5, 5.41) is 3.42. The summed E-state index contributed by atoms with van der Waals surface area (Å²) in [6, 6.07) is 2.68. The molecule has 1 aromatic rings. The third-order valence-electron chi connectivity index (χ3n) is 4.05. The molecule has 1 aliphatic carbocycles. The maximum atomic E-state index is 5.88. The van der Waals surface area contributed by atoms with Crippen molar-refractivity contribution >= 4 is 15.9 Å². The molecule has 3 heteroatoms. The Morgan fingerprint density at radius 2 is 2.24 bits per heavy atom. The van der Waals surface area contributed by atoms with Crippen LogP contribution in [-0.2, 0) is 11.8 Å². The van der Waals surface area contributed by atoms with Gasteiger partial charge in [-0.15, -0.1) is 0 Å². The standard InChI is InChI=1S/C14H18BrNO/c1-14(2)7-10(16-3)11-9(15)6-8-4-5-17-13(8)12(11)14/h6,10,16H,4-5,7H2,1-3H3. The Hall–Kier alpha value is -0.540. The van der Waals surface area contributed by atoms with E-state index in [1.54, 1.807) is 0 Å². The molecule has 2 aliphatic rings. The van der Waals surface area contributed by atoms with Gasteiger partial charge in [0, 0.05) is 22.5 Å². The Balaban J connectivity index is 2.28. The third-order valence-corrected chi connectivity index (χ3v) is 4.71. The number of ether oxygens (including phenoxy) is 1. The molecule has 0 spiro atoms. The van der Waals surface area contributed by atoms with Crippen molar-refractivity contribution in [3.05, 3.63) is 27.2 Å². The van der Waals surface area contributed by atoms with E-state index in [4.69, 9.17) is 4.74 Å². The average Bonchev–Trinajstić information content (AvgIpc) is 2.80. The zero-order valence-corrected chi connectivity index (χ0v) is 12.1. The largest absolute Gasteiger partial charge is 0.493 e. The van der Waals surface area contributed by atoms with Crippen LogP contribution in [0.3, 0.4) is 0 Å². The lowest BCUT2D eigenvalue weighted by Gasteiger charge is -2.21. The lowest BCUT2D eigenvalue weighted by Crippen LogP contribution is -2.17. The van der Waals surface area contributed by atoms with Crippen LogP contribution in [0.1, 0.15) is 43.0 Å². The molecule has 1 atom stereocenters. The van der Waals surface area contributed by atoms with E-state index in [9.17, 15) is 0 Å². The van der Waals surface area contributed by atoms with Crippen molar-refractivity contribution in [1.29, 1.82) is 0 Å². The first kappa shape index (κ1) is 11.5. The van der Waals surface area contributed by atoms with Gasteiger partial charge in [0.25, 0.3) is 0 Å². The molecule has 1 heterocycles. The van der Waals surface area contributed by atoms with E-state index in [1.165, 1.54) is 21.2 Å². The third kappa shape index (κ3) is 1.55. The van der Waals surface area contributed by atoms with E-state index < -0.39 is 0 Å². The summed E-state index contributed by atoms with van der Waals surface area (Å²) in [5.41, 5.74) is 4.37. The van der Waals surface area contributed by atoms with Crippen LogP contribution in [0, 0.1) is 0 Å². The van der Waals surface area contributed by atoms with Crippen molar-refractivity contribution in [1.82, 2.24) is 5.32 Å². The smallest absolute Gasteiger partial charge is 0.126 e. The first-order valence-corrected chi connectivity index (χ1v) is 6.99. The maximum Gasteiger partial charge on any atom is 0.126 e. The monoisotopic (exact) mass is 295 g/mol. The number of rotatable bonds is 1. The van der Waals surface area contributed by atoms with Crippen LogP contribution in [0.4, 0.5) is 0 Å². The molecule has 1 aromatic carbocycles. The van der Waals surface area contributed by atoms with Crippen molar-refractivity contribution in [2.45, 2.75) is 38.1 Å². The second-order valence-corrected chi connectivity index (χ2v) is 6.52. The Labute approximate surface area is 111 Å². The molecule has 0 amide bonds. The predicted molar refractivity (Wildman–Crippen MR) is 72.8 cm³/mol. The number of benzene rings is 1. The van der Waals surface area contributed by atoms with Crippen LogP contribution in [-0.4, -0.2) is 13.7 Å². The van der Waals surface area contributed by atoms with Gasteiger partial charge < -0.3 is 10.1 Å². The second-order valence-electron chi connectivity index (χ2n) is 5.66. The zero-order valence-electron chi connectivity index (χ0n) is 10.6. The van der Waals surface area contributed by atoms with Crippen molar-refractivity contribution in [3.63, 3.8) is 0 Å². The number of fused-ring (bicyclic) bond motifs is 3. The molecule has 0 saturated heterocycles. The first-order valence-electron chi connectivity index (χ1n) is 6.20. The van der Waals surface area contributed by atoms with Crippen molar-refractivity contribution in [2.24, 2.45) is 0 Å². The van der Waals surface area contributed by atoms with Crippen LogP contribution < -0.4 is 10.1 Å². The SMILES string of the molecule is CNC1CC(C)(C)c2c3c(cc(Br)c21)CCO3. The fraction of sp³-hybridized carbons (Fsp3) is 0.571. The summed E-state index contributed by atoms with van der Waals surface area (Å²) in [6.07, 6.45) is 2.18. The van der Waals surface area contributed by atoms with E-state index in [0.717, 1.165) is 25.2 Å². The average molecular weight is 296 g/mol. The fourth-order valence-corrected chi connectivity index (χ4v) is 4.04. The Bertz CT molecular complexity index is 482. The molecule has 0 saturated carbocycles. The van der Waals surface area contributed by atoms with Crippen LogP contribution in [0.15, 0.2) is 10.5 Å². The summed E-state index contributed by atoms with van der Waals surface area (Å²) in [4.78, 5) is 0. The molecule has 0 radical (unpaired) electrons. The van der Waals surface area contributed by atoms with Gasteiger partial charge in [0.15, 0.2) is 0 Å². The summed E-state index contributed by atoms with van der Waals surface area (Å²) >= 11 is 3.74. The van der Waals surface area contributed by atoms with Crippen LogP contribution in [0.5, 0.6) is 5.75 Å². The van der Waals surface area contributed by atoms with Gasteiger partial charge in [0.1, 0.15) is 5.75 Å². The van der Waals surface area contributed by atoms with Gasteiger partial charge in [-0.25, -0.2) is 0 Å². The molecule has 1 unspecified atom stereocenters. The van der Waals surface area contributed by atoms with E-state index in [-0.39, 0.29) is 5.41 Å². The molecule has 17 heavy (non-hydrogen) atoms. The molecule has 0 bridgehead atoms. The summed E-state index contributed by atoms with van der Waals surface area (Å²) in [7, 11) is 2.04. The molecule has 3 rings (SSSR count). The Kier molecular flexibility index (Phi) is 2.53. The molecule has 92 valence electrons. The highest BCUT2D eigenvalue weighted by Gasteiger charge is 2.42. The van der Waals surface area contributed by atoms with Crippen LogP contribution in [0.25, 0.3) is 0 Å². The lowest BCUT2D eigenvalue weighted by atomic mass is 9.85. The van der Waals surface area contributed by atoms with Crippen molar-refractivity contribution in [2.75, 3.05) is 13.7 Å². The van der Waals surface area contributed by atoms with Gasteiger partial charge in [0.2, 0.25) is 0 Å². The van der Waals surface area contributed by atoms with Gasteiger partial charge in [-0.1, -0.05) is 29.8 Å². The maximum absolute atomic E-state index is 5.88. The molecule has 0 aromatic heterocycles. The minimum absolute atomic E-state index is 0.196. The lowest BCUT2D eigenvalue weighted by molar-refractivity contribution is 0.344. The highest BCUT2D eigenvalue weighted by Crippen LogP contribution is 2.53. The van der Waals surface area contributed by atoms with Gasteiger partial charge in [-0.2, -0.15) is 0 Å². The zero-order chi connectivity index (χ0) is 12.2. The van der Waals surface area contributed by atoms with E-state index in [0.29, 0.717) is 6.04 Å². The highest BCUT2D eigenvalue weighted by atomic mass is 79.9. The summed E-state index contributed by atoms with van der Waals surface area (Å²) in [5.74, 6) is 1.16. The van der Waals surface area contributed by atoms with Gasteiger partial charge in [-0.05, 0) is 36.1 Å². The fourth-order valence-electron chi connectivity index (χ4n) is 3.29. The van der Waals surface area contributed by atoms with Crippen LogP contribution in [0.2, 0.25) is 0 Å². The second kappa shape index (κ2) is 3.72. The molecule has 0 fully saturated rings. The summed E-state index contributed by atoms with van der Waals surface area (Å²) < 4.78 is 7.11. The van der Waals surface area contributed by atoms with Gasteiger partial charge >= 0.3 is 0 Å². The molecular weight excluding hydrogens is 278 g/mol. The number of nitrogens with one attached hydrogen (secondary N) is 1. The van der Waals surface area contributed by atoms with Crippen molar-refractivity contribution < 1.29 is 4.74 Å². The Morgan fingerprint density at radius 1 is 1.47 bits per heavy atom. The number of hydrogen-bond acceptors (Lipinski definition) is 2.